The number of carbonyl (C=O) groups is 1. The molecule has 98 valence electrons. The van der Waals surface area contributed by atoms with Crippen molar-refractivity contribution in [2.75, 3.05) is 5.32 Å². The number of hydrogen-bond acceptors (Lipinski definition) is 3. The van der Waals surface area contributed by atoms with E-state index >= 15 is 0 Å². The molecule has 0 amide bonds. The van der Waals surface area contributed by atoms with Crippen molar-refractivity contribution in [1.82, 2.24) is 4.98 Å². The van der Waals surface area contributed by atoms with Crippen LogP contribution in [0.3, 0.4) is 0 Å². The highest BCUT2D eigenvalue weighted by atomic mass is 16.4. The van der Waals surface area contributed by atoms with Gasteiger partial charge in [0.1, 0.15) is 0 Å². The zero-order valence-electron chi connectivity index (χ0n) is 10.6. The van der Waals surface area contributed by atoms with Crippen molar-refractivity contribution >= 4 is 22.6 Å². The number of carboxylic acids is 1. The molecule has 0 unspecified atom stereocenters. The quantitative estimate of drug-likeness (QED) is 0.882. The first-order valence-corrected chi connectivity index (χ1v) is 6.52. The summed E-state index contributed by atoms with van der Waals surface area (Å²) < 4.78 is 0. The summed E-state index contributed by atoms with van der Waals surface area (Å²) in [5, 5.41) is 13.5. The average molecular weight is 256 g/mol. The molecule has 4 nitrogen and oxygen atoms in total. The summed E-state index contributed by atoms with van der Waals surface area (Å²) in [5.41, 5.74) is 1.62. The summed E-state index contributed by atoms with van der Waals surface area (Å²) in [6.07, 6.45) is 4.84. The number of rotatable bonds is 4. The zero-order valence-corrected chi connectivity index (χ0v) is 10.6. The highest BCUT2D eigenvalue weighted by Crippen LogP contribution is 2.39. The Hall–Kier alpha value is -2.10. The van der Waals surface area contributed by atoms with Crippen molar-refractivity contribution in [2.45, 2.75) is 31.2 Å². The maximum atomic E-state index is 11.0. The average Bonchev–Trinajstić information content (AvgIpc) is 2.36. The molecule has 1 saturated carbocycles. The Labute approximate surface area is 111 Å². The fourth-order valence-corrected chi connectivity index (χ4v) is 2.73. The van der Waals surface area contributed by atoms with Crippen molar-refractivity contribution in [1.29, 1.82) is 0 Å². The molecule has 0 spiro atoms. The van der Waals surface area contributed by atoms with E-state index in [4.69, 9.17) is 5.11 Å². The monoisotopic (exact) mass is 256 g/mol. The van der Waals surface area contributed by atoms with Gasteiger partial charge in [-0.3, -0.25) is 9.78 Å². The Morgan fingerprint density at radius 2 is 2.11 bits per heavy atom. The second kappa shape index (κ2) is 4.53. The molecule has 4 heteroatoms. The minimum atomic E-state index is -0.745. The van der Waals surface area contributed by atoms with E-state index < -0.39 is 5.97 Å². The molecule has 0 saturated heterocycles. The van der Waals surface area contributed by atoms with Crippen LogP contribution in [-0.2, 0) is 4.79 Å². The van der Waals surface area contributed by atoms with E-state index in [9.17, 15) is 4.79 Å². The van der Waals surface area contributed by atoms with E-state index in [0.29, 0.717) is 0 Å². The van der Waals surface area contributed by atoms with Crippen LogP contribution in [0.1, 0.15) is 25.7 Å². The number of carboxylic acid groups (broad SMARTS) is 1. The maximum absolute atomic E-state index is 11.0. The lowest BCUT2D eigenvalue weighted by molar-refractivity contribution is -0.138. The molecule has 0 atom stereocenters. The summed E-state index contributed by atoms with van der Waals surface area (Å²) in [4.78, 5) is 15.3. The molecule has 1 aliphatic carbocycles. The fraction of sp³-hybridized carbons (Fsp3) is 0.333. The first-order valence-electron chi connectivity index (χ1n) is 6.52. The molecule has 0 radical (unpaired) electrons. The molecule has 2 aromatic rings. The predicted molar refractivity (Wildman–Crippen MR) is 74.2 cm³/mol. The third-order valence-electron chi connectivity index (χ3n) is 3.85. The molecule has 19 heavy (non-hydrogen) atoms. The Kier molecular flexibility index (Phi) is 2.85. The number of nitrogens with zero attached hydrogens (tertiary/aromatic N) is 1. The van der Waals surface area contributed by atoms with Gasteiger partial charge < -0.3 is 10.4 Å². The van der Waals surface area contributed by atoms with Crippen LogP contribution in [0, 0.1) is 0 Å². The minimum absolute atomic E-state index is 0.170. The highest BCUT2D eigenvalue weighted by molar-refractivity contribution is 5.91. The van der Waals surface area contributed by atoms with Gasteiger partial charge in [-0.2, -0.15) is 0 Å². The third-order valence-corrected chi connectivity index (χ3v) is 3.85. The first-order chi connectivity index (χ1) is 9.19. The van der Waals surface area contributed by atoms with Gasteiger partial charge in [0, 0.05) is 22.8 Å². The lowest BCUT2D eigenvalue weighted by Crippen LogP contribution is -2.46. The van der Waals surface area contributed by atoms with Gasteiger partial charge in [-0.25, -0.2) is 0 Å². The molecule has 1 heterocycles. The van der Waals surface area contributed by atoms with Gasteiger partial charge in [0.25, 0.3) is 0 Å². The first kappa shape index (κ1) is 12.0. The van der Waals surface area contributed by atoms with Gasteiger partial charge in [-0.15, -0.1) is 0 Å². The number of benzene rings is 1. The fourth-order valence-electron chi connectivity index (χ4n) is 2.73. The van der Waals surface area contributed by atoms with E-state index in [1.807, 2.05) is 30.3 Å². The van der Waals surface area contributed by atoms with Gasteiger partial charge in [-0.05, 0) is 31.4 Å². The van der Waals surface area contributed by atoms with Gasteiger partial charge >= 0.3 is 5.97 Å². The summed E-state index contributed by atoms with van der Waals surface area (Å²) >= 11 is 0. The standard InChI is InChI=1S/C15H16N2O2/c18-14(19)10-15(7-3-8-15)17-13-6-9-16-12-5-2-1-4-11(12)13/h1-2,4-6,9H,3,7-8,10H2,(H,16,17)(H,18,19). The van der Waals surface area contributed by atoms with Crippen LogP contribution < -0.4 is 5.32 Å². The van der Waals surface area contributed by atoms with Crippen molar-refractivity contribution in [3.63, 3.8) is 0 Å². The number of anilines is 1. The molecule has 1 fully saturated rings. The van der Waals surface area contributed by atoms with E-state index in [1.54, 1.807) is 6.20 Å². The molecule has 2 N–H and O–H groups in total. The minimum Gasteiger partial charge on any atom is -0.481 e. The van der Waals surface area contributed by atoms with E-state index in [2.05, 4.69) is 10.3 Å². The number of aromatic nitrogens is 1. The Bertz CT molecular complexity index is 615. The van der Waals surface area contributed by atoms with Crippen LogP contribution in [-0.4, -0.2) is 21.6 Å². The predicted octanol–water partition coefficient (Wildman–Crippen LogP) is 3.04. The summed E-state index contributed by atoms with van der Waals surface area (Å²) in [6.45, 7) is 0. The molecular formula is C15H16N2O2. The van der Waals surface area contributed by atoms with Crippen LogP contribution >= 0.6 is 0 Å². The molecule has 1 aromatic carbocycles. The van der Waals surface area contributed by atoms with Crippen molar-refractivity contribution in [2.24, 2.45) is 0 Å². The zero-order chi connectivity index (χ0) is 13.3. The molecular weight excluding hydrogens is 240 g/mol. The number of hydrogen-bond donors (Lipinski definition) is 2. The third kappa shape index (κ3) is 2.26. The molecule has 1 aromatic heterocycles. The Balaban J connectivity index is 1.94. The lowest BCUT2D eigenvalue weighted by Gasteiger charge is -2.42. The van der Waals surface area contributed by atoms with Gasteiger partial charge in [-0.1, -0.05) is 18.2 Å². The molecule has 0 aliphatic heterocycles. The summed E-state index contributed by atoms with van der Waals surface area (Å²) in [7, 11) is 0. The van der Waals surface area contributed by atoms with Crippen molar-refractivity contribution in [3.05, 3.63) is 36.5 Å². The number of pyridine rings is 1. The van der Waals surface area contributed by atoms with Crippen LogP contribution in [0.5, 0.6) is 0 Å². The topological polar surface area (TPSA) is 62.2 Å². The molecule has 1 aliphatic rings. The van der Waals surface area contributed by atoms with Crippen LogP contribution in [0.15, 0.2) is 36.5 Å². The second-order valence-electron chi connectivity index (χ2n) is 5.21. The van der Waals surface area contributed by atoms with E-state index in [1.165, 1.54) is 0 Å². The number of fused-ring (bicyclic) bond motifs is 1. The van der Waals surface area contributed by atoms with Crippen LogP contribution in [0.2, 0.25) is 0 Å². The van der Waals surface area contributed by atoms with Gasteiger partial charge in [0.05, 0.1) is 11.9 Å². The van der Waals surface area contributed by atoms with E-state index in [0.717, 1.165) is 35.9 Å². The van der Waals surface area contributed by atoms with E-state index in [-0.39, 0.29) is 12.0 Å². The SMILES string of the molecule is O=C(O)CC1(Nc2ccnc3ccccc23)CCC1. The second-order valence-corrected chi connectivity index (χ2v) is 5.21. The van der Waals surface area contributed by atoms with Gasteiger partial charge in [0.2, 0.25) is 0 Å². The summed E-state index contributed by atoms with van der Waals surface area (Å²) in [6, 6.07) is 9.82. The normalized spacial score (nSPS) is 16.8. The van der Waals surface area contributed by atoms with Crippen LogP contribution in [0.25, 0.3) is 10.9 Å². The molecule has 3 rings (SSSR count). The Morgan fingerprint density at radius 1 is 1.32 bits per heavy atom. The smallest absolute Gasteiger partial charge is 0.305 e. The maximum Gasteiger partial charge on any atom is 0.305 e. The van der Waals surface area contributed by atoms with Gasteiger partial charge in [0.15, 0.2) is 0 Å². The molecule has 0 bridgehead atoms. The Morgan fingerprint density at radius 3 is 2.79 bits per heavy atom. The highest BCUT2D eigenvalue weighted by Gasteiger charge is 2.39. The van der Waals surface area contributed by atoms with Crippen molar-refractivity contribution < 1.29 is 9.90 Å². The van der Waals surface area contributed by atoms with Crippen molar-refractivity contribution in [3.8, 4) is 0 Å². The number of nitrogens with one attached hydrogen (secondary N) is 1. The summed E-state index contributed by atoms with van der Waals surface area (Å²) in [5.74, 6) is -0.745. The van der Waals surface area contributed by atoms with Crippen LogP contribution in [0.4, 0.5) is 5.69 Å². The lowest BCUT2D eigenvalue weighted by atomic mass is 9.74. The largest absolute Gasteiger partial charge is 0.481 e. The number of para-hydroxylation sites is 1. The number of aliphatic carboxylic acids is 1.